The van der Waals surface area contributed by atoms with Gasteiger partial charge in [-0.3, -0.25) is 4.79 Å². The van der Waals surface area contributed by atoms with Crippen molar-refractivity contribution < 1.29 is 52.4 Å². The van der Waals surface area contributed by atoms with Crippen LogP contribution in [0.25, 0.3) is 0 Å². The topological polar surface area (TPSA) is 94.5 Å². The van der Waals surface area contributed by atoms with Crippen LogP contribution in [0.1, 0.15) is 56.3 Å². The zero-order valence-electron chi connectivity index (χ0n) is 13.3. The molecule has 7 heteroatoms. The van der Waals surface area contributed by atoms with Gasteiger partial charge < -0.3 is 9.66 Å². The first kappa shape index (κ1) is 21.6. The third kappa shape index (κ3) is 6.79. The largest absolute Gasteiger partial charge is 1.00 e. The molecular formula is C15H21NaO5S. The van der Waals surface area contributed by atoms with E-state index in [9.17, 15) is 22.9 Å². The summed E-state index contributed by atoms with van der Waals surface area (Å²) in [4.78, 5) is 11.4. The molecule has 0 amide bonds. The summed E-state index contributed by atoms with van der Waals surface area (Å²) in [6.07, 6.45) is 3.66. The van der Waals surface area contributed by atoms with Gasteiger partial charge in [-0.05, 0) is 24.5 Å². The quantitative estimate of drug-likeness (QED) is 0.314. The van der Waals surface area contributed by atoms with E-state index in [0.717, 1.165) is 25.3 Å². The number of hydrogen-bond acceptors (Lipinski definition) is 5. The molecule has 1 aromatic carbocycles. The van der Waals surface area contributed by atoms with E-state index >= 15 is 0 Å². The number of Topliss-reactive ketones (excluding diaryl/α,β-unsaturated/α-hetero) is 1. The second-order valence-corrected chi connectivity index (χ2v) is 6.87. The molecule has 0 bridgehead atoms. The predicted molar refractivity (Wildman–Crippen MR) is 78.3 cm³/mol. The van der Waals surface area contributed by atoms with Crippen molar-refractivity contribution in [2.75, 3.05) is 0 Å². The van der Waals surface area contributed by atoms with Crippen molar-refractivity contribution in [3.8, 4) is 5.75 Å². The molecule has 118 valence electrons. The van der Waals surface area contributed by atoms with E-state index < -0.39 is 26.5 Å². The molecule has 22 heavy (non-hydrogen) atoms. The fourth-order valence-corrected chi connectivity index (χ4v) is 2.86. The Labute approximate surface area is 154 Å². The Bertz CT molecular complexity index is 596. The SMILES string of the molecule is CC(C)CCCCCC(=O)c1c(O)cccc1S(=O)(=O)[O-].[Na+]. The number of benzene rings is 1. The van der Waals surface area contributed by atoms with Gasteiger partial charge in [0, 0.05) is 6.42 Å². The summed E-state index contributed by atoms with van der Waals surface area (Å²) >= 11 is 0. The summed E-state index contributed by atoms with van der Waals surface area (Å²) < 4.78 is 33.4. The minimum Gasteiger partial charge on any atom is -0.744 e. The molecule has 1 aromatic rings. The summed E-state index contributed by atoms with van der Waals surface area (Å²) in [7, 11) is -4.78. The molecule has 0 aliphatic rings. The maximum absolute atomic E-state index is 12.1. The Balaban J connectivity index is 0.00000441. The predicted octanol–water partition coefficient (Wildman–Crippen LogP) is 0.0895. The average molecular weight is 336 g/mol. The first-order valence-electron chi connectivity index (χ1n) is 7.04. The molecule has 0 saturated carbocycles. The number of phenols is 1. The van der Waals surface area contributed by atoms with Gasteiger partial charge in [0.1, 0.15) is 15.9 Å². The van der Waals surface area contributed by atoms with Crippen molar-refractivity contribution >= 4 is 15.9 Å². The molecular weight excluding hydrogens is 315 g/mol. The van der Waals surface area contributed by atoms with Crippen LogP contribution in [0.2, 0.25) is 0 Å². The van der Waals surface area contributed by atoms with Crippen molar-refractivity contribution in [2.24, 2.45) is 5.92 Å². The number of aromatic hydroxyl groups is 1. The molecule has 0 fully saturated rings. The molecule has 0 aliphatic heterocycles. The van der Waals surface area contributed by atoms with Crippen molar-refractivity contribution in [1.82, 2.24) is 0 Å². The van der Waals surface area contributed by atoms with Gasteiger partial charge >= 0.3 is 29.6 Å². The Morgan fingerprint density at radius 2 is 1.86 bits per heavy atom. The van der Waals surface area contributed by atoms with Crippen LogP contribution in [-0.2, 0) is 10.1 Å². The van der Waals surface area contributed by atoms with Crippen LogP contribution in [-0.4, -0.2) is 23.9 Å². The maximum Gasteiger partial charge on any atom is 1.00 e. The molecule has 0 unspecified atom stereocenters. The van der Waals surface area contributed by atoms with Gasteiger partial charge in [0.25, 0.3) is 0 Å². The van der Waals surface area contributed by atoms with Crippen molar-refractivity contribution in [1.29, 1.82) is 0 Å². The second kappa shape index (κ2) is 9.67. The number of rotatable bonds is 8. The van der Waals surface area contributed by atoms with Crippen LogP contribution in [0.5, 0.6) is 5.75 Å². The normalized spacial score (nSPS) is 11.3. The van der Waals surface area contributed by atoms with Crippen molar-refractivity contribution in [3.05, 3.63) is 23.8 Å². The first-order chi connectivity index (χ1) is 9.73. The molecule has 0 atom stereocenters. The van der Waals surface area contributed by atoms with Crippen LogP contribution in [0.4, 0.5) is 0 Å². The van der Waals surface area contributed by atoms with Gasteiger partial charge in [0.15, 0.2) is 5.78 Å². The van der Waals surface area contributed by atoms with Crippen LogP contribution in [0, 0.1) is 5.92 Å². The Hall–Kier alpha value is -0.400. The van der Waals surface area contributed by atoms with E-state index in [0.29, 0.717) is 12.3 Å². The fraction of sp³-hybridized carbons (Fsp3) is 0.533. The molecule has 0 aromatic heterocycles. The Morgan fingerprint density at radius 3 is 2.41 bits per heavy atom. The first-order valence-corrected chi connectivity index (χ1v) is 8.45. The van der Waals surface area contributed by atoms with Gasteiger partial charge in [0.2, 0.25) is 0 Å². The number of phenolic OH excluding ortho intramolecular Hbond substituents is 1. The van der Waals surface area contributed by atoms with E-state index in [4.69, 9.17) is 0 Å². The number of unbranched alkanes of at least 4 members (excludes halogenated alkanes) is 2. The third-order valence-electron chi connectivity index (χ3n) is 3.24. The van der Waals surface area contributed by atoms with Crippen LogP contribution >= 0.6 is 0 Å². The van der Waals surface area contributed by atoms with Gasteiger partial charge in [-0.2, -0.15) is 0 Å². The van der Waals surface area contributed by atoms with Crippen molar-refractivity contribution in [2.45, 2.75) is 50.8 Å². The van der Waals surface area contributed by atoms with Crippen LogP contribution in [0.3, 0.4) is 0 Å². The molecule has 0 saturated heterocycles. The molecule has 1 N–H and O–H groups in total. The van der Waals surface area contributed by atoms with Crippen LogP contribution < -0.4 is 29.6 Å². The molecule has 1 rings (SSSR count). The molecule has 0 radical (unpaired) electrons. The van der Waals surface area contributed by atoms with Gasteiger partial charge in [-0.25, -0.2) is 8.42 Å². The zero-order chi connectivity index (χ0) is 16.0. The number of carbonyl (C=O) groups excluding carboxylic acids is 1. The molecule has 0 aliphatic carbocycles. The van der Waals surface area contributed by atoms with Crippen molar-refractivity contribution in [3.63, 3.8) is 0 Å². The fourth-order valence-electron chi connectivity index (χ4n) is 2.15. The molecule has 5 nitrogen and oxygen atoms in total. The maximum atomic E-state index is 12.1. The number of carbonyl (C=O) groups is 1. The van der Waals surface area contributed by atoms with E-state index in [2.05, 4.69) is 13.8 Å². The molecule has 0 heterocycles. The summed E-state index contributed by atoms with van der Waals surface area (Å²) in [5, 5.41) is 9.68. The number of hydrogen-bond donors (Lipinski definition) is 1. The monoisotopic (exact) mass is 336 g/mol. The second-order valence-electron chi connectivity index (χ2n) is 5.52. The van der Waals surface area contributed by atoms with Gasteiger partial charge in [-0.15, -0.1) is 0 Å². The van der Waals surface area contributed by atoms with Gasteiger partial charge in [0.05, 0.1) is 10.5 Å². The zero-order valence-corrected chi connectivity index (χ0v) is 16.1. The molecule has 0 spiro atoms. The van der Waals surface area contributed by atoms with E-state index in [1.165, 1.54) is 12.1 Å². The Morgan fingerprint density at radius 1 is 1.23 bits per heavy atom. The minimum absolute atomic E-state index is 0. The summed E-state index contributed by atoms with van der Waals surface area (Å²) in [5.74, 6) is -0.359. The smallest absolute Gasteiger partial charge is 0.744 e. The minimum atomic E-state index is -4.78. The average Bonchev–Trinajstić information content (AvgIpc) is 2.36. The Kier molecular flexibility index (Phi) is 9.50. The van der Waals surface area contributed by atoms with E-state index in [1.807, 2.05) is 0 Å². The standard InChI is InChI=1S/C15H22O5S.Na/c1-11(2)7-4-3-5-8-12(16)15-13(17)9-6-10-14(15)21(18,19)20;/h6,9-11,17H,3-5,7-8H2,1-2H3,(H,18,19,20);/q;+1/p-1. The van der Waals surface area contributed by atoms with Gasteiger partial charge in [-0.1, -0.05) is 39.2 Å². The van der Waals surface area contributed by atoms with E-state index in [1.54, 1.807) is 0 Å². The number of ketones is 1. The van der Waals surface area contributed by atoms with E-state index in [-0.39, 0.29) is 41.5 Å². The third-order valence-corrected chi connectivity index (χ3v) is 4.12. The summed E-state index contributed by atoms with van der Waals surface area (Å²) in [6.45, 7) is 4.25. The summed E-state index contributed by atoms with van der Waals surface area (Å²) in [5.41, 5.74) is -0.378. The van der Waals surface area contributed by atoms with Crippen LogP contribution in [0.15, 0.2) is 23.1 Å². The summed E-state index contributed by atoms with van der Waals surface area (Å²) in [6, 6.07) is 3.49.